The molecule has 106 valence electrons. The van der Waals surface area contributed by atoms with Crippen molar-refractivity contribution in [1.82, 2.24) is 0 Å². The minimum Gasteiger partial charge on any atom is -0.433 e. The van der Waals surface area contributed by atoms with Gasteiger partial charge in [-0.25, -0.2) is 0 Å². The van der Waals surface area contributed by atoms with E-state index < -0.39 is 6.61 Å². The highest BCUT2D eigenvalue weighted by Crippen LogP contribution is 2.34. The van der Waals surface area contributed by atoms with Crippen molar-refractivity contribution >= 4 is 33.0 Å². The smallest absolute Gasteiger partial charge is 0.387 e. The molecular weight excluding hydrogens is 330 g/mol. The monoisotopic (exact) mass is 342 g/mol. The molecule has 6 heteroatoms. The van der Waals surface area contributed by atoms with Gasteiger partial charge in [0.25, 0.3) is 0 Å². The minimum absolute atomic E-state index is 0.0869. The predicted molar refractivity (Wildman–Crippen MR) is 79.6 cm³/mol. The summed E-state index contributed by atoms with van der Waals surface area (Å²) < 4.78 is 29.9. The Hall–Kier alpha value is -1.82. The molecule has 0 spiro atoms. The maximum absolute atomic E-state index is 12.4. The van der Waals surface area contributed by atoms with E-state index >= 15 is 0 Å². The Kier molecular flexibility index (Phi) is 4.44. The minimum atomic E-state index is -2.87. The van der Waals surface area contributed by atoms with Crippen LogP contribution in [0.1, 0.15) is 5.56 Å². The van der Waals surface area contributed by atoms with Crippen LogP contribution in [0.15, 0.2) is 40.9 Å². The number of rotatable bonds is 4. The molecule has 0 amide bonds. The van der Waals surface area contributed by atoms with Gasteiger partial charge in [-0.1, -0.05) is 12.1 Å². The molecule has 0 radical (unpaired) electrons. The van der Waals surface area contributed by atoms with Crippen LogP contribution in [0.3, 0.4) is 0 Å². The van der Waals surface area contributed by atoms with Gasteiger partial charge in [-0.3, -0.25) is 0 Å². The van der Waals surface area contributed by atoms with Crippen LogP contribution in [0, 0.1) is 6.92 Å². The van der Waals surface area contributed by atoms with Crippen molar-refractivity contribution in [3.63, 3.8) is 0 Å². The first-order valence-corrected chi connectivity index (χ1v) is 6.63. The van der Waals surface area contributed by atoms with Crippen LogP contribution >= 0.6 is 15.9 Å². The van der Waals surface area contributed by atoms with E-state index in [4.69, 9.17) is 5.73 Å². The maximum atomic E-state index is 12.4. The molecule has 2 aromatic rings. The quantitative estimate of drug-likeness (QED) is 0.792. The lowest BCUT2D eigenvalue weighted by Crippen LogP contribution is -2.04. The molecule has 0 aliphatic carbocycles. The molecule has 0 atom stereocenters. The highest BCUT2D eigenvalue weighted by atomic mass is 79.9. The third-order valence-electron chi connectivity index (χ3n) is 2.73. The first kappa shape index (κ1) is 14.6. The molecule has 3 N–H and O–H groups in total. The summed E-state index contributed by atoms with van der Waals surface area (Å²) >= 11 is 3.38. The Labute approximate surface area is 123 Å². The van der Waals surface area contributed by atoms with Crippen molar-refractivity contribution in [3.05, 3.63) is 46.4 Å². The summed E-state index contributed by atoms with van der Waals surface area (Å²) in [7, 11) is 0. The number of alkyl halides is 2. The highest BCUT2D eigenvalue weighted by Gasteiger charge is 2.11. The number of nitrogens with one attached hydrogen (secondary N) is 1. The van der Waals surface area contributed by atoms with Gasteiger partial charge in [0.2, 0.25) is 0 Å². The number of hydrogen-bond donors (Lipinski definition) is 2. The molecule has 0 saturated carbocycles. The molecular formula is C14H13BrF2N2O. The van der Waals surface area contributed by atoms with Crippen molar-refractivity contribution in [1.29, 1.82) is 0 Å². The van der Waals surface area contributed by atoms with E-state index in [-0.39, 0.29) is 5.75 Å². The van der Waals surface area contributed by atoms with E-state index in [0.717, 1.165) is 15.7 Å². The molecule has 0 saturated heterocycles. The second kappa shape index (κ2) is 6.09. The van der Waals surface area contributed by atoms with E-state index in [0.29, 0.717) is 11.4 Å². The van der Waals surface area contributed by atoms with Crippen molar-refractivity contribution in [2.45, 2.75) is 13.5 Å². The van der Waals surface area contributed by atoms with E-state index in [9.17, 15) is 8.78 Å². The van der Waals surface area contributed by atoms with Gasteiger partial charge in [-0.15, -0.1) is 0 Å². The molecule has 20 heavy (non-hydrogen) atoms. The molecule has 2 rings (SSSR count). The zero-order valence-electron chi connectivity index (χ0n) is 10.7. The van der Waals surface area contributed by atoms with Crippen molar-refractivity contribution in [2.75, 3.05) is 11.1 Å². The SMILES string of the molecule is Cc1cc(Nc2ccccc2OC(F)F)c(Br)cc1N. The van der Waals surface area contributed by atoms with Gasteiger partial charge in [0.1, 0.15) is 5.75 Å². The normalized spacial score (nSPS) is 10.7. The first-order chi connectivity index (χ1) is 9.47. The Morgan fingerprint density at radius 3 is 2.60 bits per heavy atom. The maximum Gasteiger partial charge on any atom is 0.387 e. The Bertz CT molecular complexity index is 620. The number of benzene rings is 2. The fraction of sp³-hybridized carbons (Fsp3) is 0.143. The summed E-state index contributed by atoms with van der Waals surface area (Å²) in [6, 6.07) is 10.1. The zero-order chi connectivity index (χ0) is 14.7. The molecule has 0 heterocycles. The number of para-hydroxylation sites is 2. The molecule has 0 unspecified atom stereocenters. The van der Waals surface area contributed by atoms with Gasteiger partial charge in [0, 0.05) is 10.2 Å². The van der Waals surface area contributed by atoms with Crippen LogP contribution < -0.4 is 15.8 Å². The van der Waals surface area contributed by atoms with Crippen LogP contribution in [0.2, 0.25) is 0 Å². The molecule has 0 fully saturated rings. The predicted octanol–water partition coefficient (Wildman–Crippen LogP) is 4.68. The number of nitrogen functional groups attached to an aromatic ring is 1. The second-order valence-corrected chi connectivity index (χ2v) is 5.04. The lowest BCUT2D eigenvalue weighted by atomic mass is 10.1. The van der Waals surface area contributed by atoms with Gasteiger partial charge in [0.15, 0.2) is 0 Å². The summed E-state index contributed by atoms with van der Waals surface area (Å²) in [5.41, 5.74) is 8.52. The third kappa shape index (κ3) is 3.39. The number of anilines is 3. The standard InChI is InChI=1S/C14H13BrF2N2O/c1-8-6-12(9(15)7-10(8)18)19-11-4-2-3-5-13(11)20-14(16)17/h2-7,14,19H,18H2,1H3. The molecule has 0 aliphatic rings. The Morgan fingerprint density at radius 1 is 1.20 bits per heavy atom. The van der Waals surface area contributed by atoms with Crippen LogP contribution in [0.5, 0.6) is 5.75 Å². The average molecular weight is 343 g/mol. The average Bonchev–Trinajstić information content (AvgIpc) is 2.37. The second-order valence-electron chi connectivity index (χ2n) is 4.19. The molecule has 3 nitrogen and oxygen atoms in total. The van der Waals surface area contributed by atoms with Crippen LogP contribution in [-0.2, 0) is 0 Å². The summed E-state index contributed by atoms with van der Waals surface area (Å²) in [6.07, 6.45) is 0. The summed E-state index contributed by atoms with van der Waals surface area (Å²) in [6.45, 7) is -0.997. The van der Waals surface area contributed by atoms with Gasteiger partial charge < -0.3 is 15.8 Å². The first-order valence-electron chi connectivity index (χ1n) is 5.84. The summed E-state index contributed by atoms with van der Waals surface area (Å²) in [5, 5.41) is 3.05. The topological polar surface area (TPSA) is 47.3 Å². The molecule has 0 bridgehead atoms. The van der Waals surface area contributed by atoms with Crippen LogP contribution in [-0.4, -0.2) is 6.61 Å². The lowest BCUT2D eigenvalue weighted by molar-refractivity contribution is -0.0493. The number of hydrogen-bond acceptors (Lipinski definition) is 3. The molecule has 0 aliphatic heterocycles. The zero-order valence-corrected chi connectivity index (χ0v) is 12.2. The largest absolute Gasteiger partial charge is 0.433 e. The third-order valence-corrected chi connectivity index (χ3v) is 3.38. The number of nitrogens with two attached hydrogens (primary N) is 1. The fourth-order valence-corrected chi connectivity index (χ4v) is 2.17. The molecule has 0 aromatic heterocycles. The van der Waals surface area contributed by atoms with E-state index in [1.54, 1.807) is 24.3 Å². The Balaban J connectivity index is 2.33. The number of halogens is 3. The number of aryl methyl sites for hydroxylation is 1. The van der Waals surface area contributed by atoms with E-state index in [1.807, 2.05) is 13.0 Å². The fourth-order valence-electron chi connectivity index (χ4n) is 1.71. The Morgan fingerprint density at radius 2 is 1.90 bits per heavy atom. The molecule has 2 aromatic carbocycles. The van der Waals surface area contributed by atoms with E-state index in [2.05, 4.69) is 26.0 Å². The summed E-state index contributed by atoms with van der Waals surface area (Å²) in [5.74, 6) is 0.0869. The number of ether oxygens (including phenoxy) is 1. The van der Waals surface area contributed by atoms with Crippen molar-refractivity contribution in [3.8, 4) is 5.75 Å². The van der Waals surface area contributed by atoms with E-state index in [1.165, 1.54) is 6.07 Å². The lowest BCUT2D eigenvalue weighted by Gasteiger charge is -2.14. The van der Waals surface area contributed by atoms with Crippen molar-refractivity contribution in [2.24, 2.45) is 0 Å². The van der Waals surface area contributed by atoms with Crippen molar-refractivity contribution < 1.29 is 13.5 Å². The summed E-state index contributed by atoms with van der Waals surface area (Å²) in [4.78, 5) is 0. The highest BCUT2D eigenvalue weighted by molar-refractivity contribution is 9.10. The van der Waals surface area contributed by atoms with Gasteiger partial charge in [-0.05, 0) is 52.7 Å². The van der Waals surface area contributed by atoms with Gasteiger partial charge in [-0.2, -0.15) is 8.78 Å². The van der Waals surface area contributed by atoms with Gasteiger partial charge >= 0.3 is 6.61 Å². The van der Waals surface area contributed by atoms with Gasteiger partial charge in [0.05, 0.1) is 11.4 Å². The van der Waals surface area contributed by atoms with Crippen LogP contribution in [0.25, 0.3) is 0 Å². The van der Waals surface area contributed by atoms with Crippen LogP contribution in [0.4, 0.5) is 25.8 Å².